The van der Waals surface area contributed by atoms with E-state index in [2.05, 4.69) is 26.1 Å². The Morgan fingerprint density at radius 2 is 0.857 bits per heavy atom. The van der Waals surface area contributed by atoms with Gasteiger partial charge in [0.05, 0.1) is 26.7 Å². The van der Waals surface area contributed by atoms with Gasteiger partial charge < -0.3 is 4.48 Å². The van der Waals surface area contributed by atoms with Gasteiger partial charge in [0.1, 0.15) is 0 Å². The maximum atomic E-state index is 5.71. The number of halogens is 2. The van der Waals surface area contributed by atoms with Crippen LogP contribution in [0.4, 0.5) is 0 Å². The number of unbranched alkanes of at least 4 members (excludes halogenated alkanes) is 15. The van der Waals surface area contributed by atoms with Crippen LogP contribution in [0.5, 0.6) is 0 Å². The fourth-order valence-corrected chi connectivity index (χ4v) is 4.05. The Balaban J connectivity index is 3.44. The van der Waals surface area contributed by atoms with E-state index in [0.717, 1.165) is 17.6 Å². The molecule has 0 aliphatic carbocycles. The topological polar surface area (TPSA) is 0 Å². The molecule has 0 spiro atoms. The first-order chi connectivity index (χ1) is 13.7. The van der Waals surface area contributed by atoms with Gasteiger partial charge in [-0.2, -0.15) is 0 Å². The highest BCUT2D eigenvalue weighted by molar-refractivity contribution is 6.25. The van der Waals surface area contributed by atoms with Gasteiger partial charge in [-0.3, -0.25) is 0 Å². The summed E-state index contributed by atoms with van der Waals surface area (Å²) in [4.78, 5) is 0. The number of hydrogen-bond donors (Lipinski definition) is 0. The van der Waals surface area contributed by atoms with Crippen molar-refractivity contribution in [3.05, 3.63) is 23.2 Å². The van der Waals surface area contributed by atoms with Gasteiger partial charge in [-0.15, -0.1) is 0 Å². The second-order valence-corrected chi connectivity index (χ2v) is 9.24. The second kappa shape index (κ2) is 21.7. The van der Waals surface area contributed by atoms with E-state index < -0.39 is 0 Å². The van der Waals surface area contributed by atoms with Gasteiger partial charge in [0.25, 0.3) is 0 Å². The molecule has 1 nitrogen and oxygen atoms in total. The summed E-state index contributed by atoms with van der Waals surface area (Å²) in [7, 11) is 2.29. The van der Waals surface area contributed by atoms with E-state index in [1.165, 1.54) is 109 Å². The molecule has 0 aromatic rings. The highest BCUT2D eigenvalue weighted by atomic mass is 35.5. The minimum Gasteiger partial charge on any atom is -0.319 e. The van der Waals surface area contributed by atoms with Crippen LogP contribution in [-0.4, -0.2) is 31.2 Å². The first kappa shape index (κ1) is 28.0. The molecule has 0 radical (unpaired) electrons. The molecule has 0 heterocycles. The molecule has 0 unspecified atom stereocenters. The predicted octanol–water partition coefficient (Wildman–Crippen LogP) is 9.20. The first-order valence-electron chi connectivity index (χ1n) is 12.0. The molecule has 0 N–H and O–H groups in total. The highest BCUT2D eigenvalue weighted by Gasteiger charge is 2.17. The third-order valence-electron chi connectivity index (χ3n) is 5.82. The van der Waals surface area contributed by atoms with Crippen molar-refractivity contribution in [3.63, 3.8) is 0 Å². The Labute approximate surface area is 187 Å². The van der Waals surface area contributed by atoms with E-state index in [9.17, 15) is 0 Å². The number of hydrogen-bond acceptors (Lipinski definition) is 0. The van der Waals surface area contributed by atoms with Crippen molar-refractivity contribution in [2.24, 2.45) is 0 Å². The summed E-state index contributed by atoms with van der Waals surface area (Å²) in [6.45, 7) is 5.44. The molecule has 0 aromatic heterocycles. The van der Waals surface area contributed by atoms with E-state index in [4.69, 9.17) is 23.2 Å². The van der Waals surface area contributed by atoms with Gasteiger partial charge in [-0.25, -0.2) is 0 Å². The summed E-state index contributed by atoms with van der Waals surface area (Å²) in [5.41, 5.74) is 3.27. The summed E-state index contributed by atoms with van der Waals surface area (Å²) in [5.74, 6) is 0. The number of nitrogens with zero attached hydrogens (tertiary/aromatic N) is 1. The largest absolute Gasteiger partial charge is 0.319 e. The summed E-state index contributed by atoms with van der Waals surface area (Å²) >= 11 is 11.4. The minimum atomic E-state index is 0.976. The van der Waals surface area contributed by atoms with Gasteiger partial charge >= 0.3 is 0 Å². The molecule has 0 atom stereocenters. The fourth-order valence-electron chi connectivity index (χ4n) is 3.89. The zero-order valence-corrected chi connectivity index (χ0v) is 20.5. The number of quaternary nitrogens is 1. The summed E-state index contributed by atoms with van der Waals surface area (Å²) in [5, 5.41) is 0. The lowest BCUT2D eigenvalue weighted by Crippen LogP contribution is -2.45. The van der Waals surface area contributed by atoms with E-state index in [-0.39, 0.29) is 0 Å². The fraction of sp³-hybridized carbons (Fsp3) is 0.840. The van der Waals surface area contributed by atoms with Gasteiger partial charge in [0.15, 0.2) is 0 Å². The van der Waals surface area contributed by atoms with Gasteiger partial charge in [-0.1, -0.05) is 120 Å². The SMILES string of the molecule is CCCCCCCCCCCCCCCCCC[N+](C)(CC=CCl)CC=CCl. The molecule has 0 bridgehead atoms. The Bertz CT molecular complexity index is 352. The van der Waals surface area contributed by atoms with Crippen LogP contribution in [0, 0.1) is 0 Å². The normalized spacial score (nSPS) is 14.3. The third-order valence-corrected chi connectivity index (χ3v) is 6.18. The lowest BCUT2D eigenvalue weighted by atomic mass is 10.0. The molecular weight excluding hydrogens is 385 g/mol. The van der Waals surface area contributed by atoms with Crippen LogP contribution < -0.4 is 0 Å². The quantitative estimate of drug-likeness (QED) is 0.125. The number of rotatable bonds is 21. The van der Waals surface area contributed by atoms with Crippen LogP contribution >= 0.6 is 23.2 Å². The van der Waals surface area contributed by atoms with Crippen molar-refractivity contribution in [1.29, 1.82) is 0 Å². The van der Waals surface area contributed by atoms with Crippen molar-refractivity contribution in [2.45, 2.75) is 110 Å². The zero-order valence-electron chi connectivity index (χ0n) is 18.9. The molecule has 166 valence electrons. The molecule has 0 aromatic carbocycles. The molecule has 0 aliphatic rings. The molecule has 0 fully saturated rings. The Kier molecular flexibility index (Phi) is 21.7. The van der Waals surface area contributed by atoms with Crippen LogP contribution in [0.25, 0.3) is 0 Å². The monoisotopic (exact) mass is 432 g/mol. The molecule has 3 heteroatoms. The van der Waals surface area contributed by atoms with Crippen LogP contribution in [0.3, 0.4) is 0 Å². The van der Waals surface area contributed by atoms with Gasteiger partial charge in [0.2, 0.25) is 0 Å². The molecule has 0 amide bonds. The molecular formula is C25H48Cl2N+. The second-order valence-electron chi connectivity index (χ2n) is 8.73. The van der Waals surface area contributed by atoms with E-state index in [0.29, 0.717) is 0 Å². The van der Waals surface area contributed by atoms with Crippen LogP contribution in [0.2, 0.25) is 0 Å². The van der Waals surface area contributed by atoms with Gasteiger partial charge in [-0.05, 0) is 25.0 Å². The Morgan fingerprint density at radius 3 is 1.18 bits per heavy atom. The standard InChI is InChI=1S/C25H48Cl2N/c1-3-4-5-6-7-8-9-10-11-12-13-14-15-16-17-18-23-28(2,24-19-21-26)25-20-22-27/h19-22H,3-18,23-25H2,1-2H3/q+1. The van der Waals surface area contributed by atoms with E-state index >= 15 is 0 Å². The summed E-state index contributed by atoms with van der Waals surface area (Å²) in [6, 6.07) is 0. The number of likely N-dealkylation sites (N-methyl/N-ethyl adjacent to an activating group) is 1. The average Bonchev–Trinajstić information content (AvgIpc) is 2.70. The van der Waals surface area contributed by atoms with Crippen molar-refractivity contribution in [2.75, 3.05) is 26.7 Å². The van der Waals surface area contributed by atoms with Gasteiger partial charge in [0, 0.05) is 11.1 Å². The van der Waals surface area contributed by atoms with Crippen LogP contribution in [-0.2, 0) is 0 Å². The zero-order chi connectivity index (χ0) is 20.8. The summed E-state index contributed by atoms with van der Waals surface area (Å²) < 4.78 is 0.991. The van der Waals surface area contributed by atoms with Crippen molar-refractivity contribution < 1.29 is 4.48 Å². The Morgan fingerprint density at radius 1 is 0.536 bits per heavy atom. The molecule has 0 aliphatic heterocycles. The minimum absolute atomic E-state index is 0.976. The lowest BCUT2D eigenvalue weighted by Gasteiger charge is -2.32. The maximum Gasteiger partial charge on any atom is 0.0985 e. The highest BCUT2D eigenvalue weighted by Crippen LogP contribution is 2.14. The van der Waals surface area contributed by atoms with Crippen LogP contribution in [0.1, 0.15) is 110 Å². The summed E-state index contributed by atoms with van der Waals surface area (Å²) in [6.07, 6.45) is 26.8. The average molecular weight is 434 g/mol. The molecule has 0 saturated heterocycles. The molecule has 0 rings (SSSR count). The maximum absolute atomic E-state index is 5.71. The Hall–Kier alpha value is 0.0200. The lowest BCUT2D eigenvalue weighted by molar-refractivity contribution is -0.898. The predicted molar refractivity (Wildman–Crippen MR) is 130 cm³/mol. The van der Waals surface area contributed by atoms with E-state index in [1.54, 1.807) is 11.1 Å². The van der Waals surface area contributed by atoms with E-state index in [1.807, 2.05) is 0 Å². The van der Waals surface area contributed by atoms with Crippen molar-refractivity contribution in [3.8, 4) is 0 Å². The molecule has 0 saturated carbocycles. The van der Waals surface area contributed by atoms with Crippen molar-refractivity contribution in [1.82, 2.24) is 0 Å². The smallest absolute Gasteiger partial charge is 0.0985 e. The first-order valence-corrected chi connectivity index (χ1v) is 12.9. The van der Waals surface area contributed by atoms with Crippen LogP contribution in [0.15, 0.2) is 23.2 Å². The molecule has 28 heavy (non-hydrogen) atoms. The van der Waals surface area contributed by atoms with Crippen molar-refractivity contribution >= 4 is 23.2 Å². The third kappa shape index (κ3) is 19.3.